The Kier molecular flexibility index (Phi) is 5.91. The van der Waals surface area contributed by atoms with E-state index < -0.39 is 34.1 Å². The van der Waals surface area contributed by atoms with E-state index in [1.54, 1.807) is 0 Å². The summed E-state index contributed by atoms with van der Waals surface area (Å²) >= 11 is 0. The summed E-state index contributed by atoms with van der Waals surface area (Å²) in [5.74, 6) is -2.83. The Morgan fingerprint density at radius 2 is 1.79 bits per heavy atom. The molecule has 1 aromatic heterocycles. The van der Waals surface area contributed by atoms with Crippen LogP contribution in [0.2, 0.25) is 0 Å². The maximum absolute atomic E-state index is 13.9. The number of oxime groups is 1. The van der Waals surface area contributed by atoms with E-state index >= 15 is 0 Å². The van der Waals surface area contributed by atoms with Gasteiger partial charge in [0.25, 0.3) is 5.91 Å². The van der Waals surface area contributed by atoms with Gasteiger partial charge in [-0.05, 0) is 37.6 Å². The highest BCUT2D eigenvalue weighted by Crippen LogP contribution is 2.43. The molecule has 4 rings (SSSR count). The van der Waals surface area contributed by atoms with Gasteiger partial charge in [0.2, 0.25) is 0 Å². The molecule has 1 atom stereocenters. The standard InChI is InChI=1S/C25H24F2N4O3/c1-14-8-9-15(22-24(2,3)25(4,13-32)34-31-22)10-16(14)19-11-29-20(12-28-19)30-23(33)21-17(26)6-5-7-18(21)27/h5-12,32H,13H2,1-4H3,(H,29,30,33). The number of nitrogens with one attached hydrogen (secondary N) is 1. The molecule has 1 aliphatic rings. The lowest BCUT2D eigenvalue weighted by molar-refractivity contribution is -0.0900. The van der Waals surface area contributed by atoms with Crippen LogP contribution in [0.25, 0.3) is 11.3 Å². The molecule has 2 aromatic carbocycles. The zero-order chi connectivity index (χ0) is 24.7. The fraction of sp³-hybridized carbons (Fsp3) is 0.280. The number of hydrogen-bond acceptors (Lipinski definition) is 6. The van der Waals surface area contributed by atoms with Crippen LogP contribution >= 0.6 is 0 Å². The molecule has 7 nitrogen and oxygen atoms in total. The van der Waals surface area contributed by atoms with E-state index in [0.717, 1.165) is 28.8 Å². The van der Waals surface area contributed by atoms with E-state index in [2.05, 4.69) is 20.4 Å². The number of carbonyl (C=O) groups is 1. The van der Waals surface area contributed by atoms with Gasteiger partial charge in [-0.15, -0.1) is 0 Å². The van der Waals surface area contributed by atoms with E-state index in [-0.39, 0.29) is 12.4 Å². The number of amides is 1. The van der Waals surface area contributed by atoms with Gasteiger partial charge in [-0.25, -0.2) is 13.8 Å². The van der Waals surface area contributed by atoms with Crippen molar-refractivity contribution < 1.29 is 23.5 Å². The van der Waals surface area contributed by atoms with Crippen LogP contribution in [0.15, 0.2) is 53.9 Å². The fourth-order valence-corrected chi connectivity index (χ4v) is 3.74. The normalized spacial score (nSPS) is 18.9. The number of aromatic nitrogens is 2. The summed E-state index contributed by atoms with van der Waals surface area (Å²) in [6.45, 7) is 7.48. The molecule has 0 saturated heterocycles. The van der Waals surface area contributed by atoms with Crippen molar-refractivity contribution in [3.63, 3.8) is 0 Å². The molecule has 0 spiro atoms. The molecule has 0 aliphatic carbocycles. The first-order valence-corrected chi connectivity index (χ1v) is 10.6. The molecule has 0 bridgehead atoms. The Bertz CT molecular complexity index is 1270. The molecular formula is C25H24F2N4O3. The summed E-state index contributed by atoms with van der Waals surface area (Å²) in [6, 6.07) is 8.97. The molecule has 1 aliphatic heterocycles. The van der Waals surface area contributed by atoms with Gasteiger partial charge in [0.15, 0.2) is 11.4 Å². The Balaban J connectivity index is 1.60. The molecule has 1 amide bonds. The third-order valence-corrected chi connectivity index (χ3v) is 6.42. The zero-order valence-electron chi connectivity index (χ0n) is 19.2. The van der Waals surface area contributed by atoms with Gasteiger partial charge in [-0.3, -0.25) is 9.78 Å². The second kappa shape index (κ2) is 8.57. The van der Waals surface area contributed by atoms with Gasteiger partial charge < -0.3 is 15.3 Å². The number of aryl methyl sites for hydroxylation is 1. The third kappa shape index (κ3) is 3.92. The summed E-state index contributed by atoms with van der Waals surface area (Å²) in [6.07, 6.45) is 2.79. The van der Waals surface area contributed by atoms with Crippen LogP contribution in [-0.4, -0.2) is 38.9 Å². The van der Waals surface area contributed by atoms with Crippen molar-refractivity contribution in [2.75, 3.05) is 11.9 Å². The van der Waals surface area contributed by atoms with Gasteiger partial charge in [0.1, 0.15) is 17.2 Å². The Hall–Kier alpha value is -3.72. The maximum atomic E-state index is 13.9. The summed E-state index contributed by atoms with van der Waals surface area (Å²) in [7, 11) is 0. The minimum Gasteiger partial charge on any atom is -0.392 e. The molecule has 0 fully saturated rings. The van der Waals surface area contributed by atoms with Crippen LogP contribution < -0.4 is 5.32 Å². The predicted octanol–water partition coefficient (Wildman–Crippen LogP) is 4.49. The summed E-state index contributed by atoms with van der Waals surface area (Å²) in [4.78, 5) is 26.4. The molecule has 34 heavy (non-hydrogen) atoms. The molecule has 0 saturated carbocycles. The van der Waals surface area contributed by atoms with E-state index in [1.807, 2.05) is 45.9 Å². The van der Waals surface area contributed by atoms with Crippen molar-refractivity contribution in [2.24, 2.45) is 10.6 Å². The average molecular weight is 466 g/mol. The van der Waals surface area contributed by atoms with Crippen LogP contribution in [0, 0.1) is 24.0 Å². The van der Waals surface area contributed by atoms with Crippen molar-refractivity contribution in [2.45, 2.75) is 33.3 Å². The van der Waals surface area contributed by atoms with Crippen LogP contribution in [0.1, 0.15) is 42.3 Å². The van der Waals surface area contributed by atoms with Crippen LogP contribution in [0.3, 0.4) is 0 Å². The van der Waals surface area contributed by atoms with Gasteiger partial charge in [-0.1, -0.05) is 37.2 Å². The number of carbonyl (C=O) groups excluding carboxylic acids is 1. The van der Waals surface area contributed by atoms with Crippen molar-refractivity contribution >= 4 is 17.4 Å². The predicted molar refractivity (Wildman–Crippen MR) is 123 cm³/mol. The van der Waals surface area contributed by atoms with E-state index in [4.69, 9.17) is 4.84 Å². The minimum absolute atomic E-state index is 0.0543. The van der Waals surface area contributed by atoms with Gasteiger partial charge in [-0.2, -0.15) is 0 Å². The highest BCUT2D eigenvalue weighted by Gasteiger charge is 2.52. The van der Waals surface area contributed by atoms with E-state index in [9.17, 15) is 18.7 Å². The first-order chi connectivity index (χ1) is 16.1. The first kappa shape index (κ1) is 23.4. The molecule has 2 heterocycles. The smallest absolute Gasteiger partial charge is 0.262 e. The van der Waals surface area contributed by atoms with Crippen LogP contribution in [-0.2, 0) is 4.84 Å². The number of benzene rings is 2. The second-order valence-corrected chi connectivity index (χ2v) is 8.91. The summed E-state index contributed by atoms with van der Waals surface area (Å²) in [5, 5.41) is 16.4. The van der Waals surface area contributed by atoms with Crippen molar-refractivity contribution in [3.05, 3.63) is 77.1 Å². The number of nitrogens with zero attached hydrogens (tertiary/aromatic N) is 3. The number of rotatable bonds is 5. The third-order valence-electron chi connectivity index (χ3n) is 6.42. The fourth-order valence-electron chi connectivity index (χ4n) is 3.74. The lowest BCUT2D eigenvalue weighted by Crippen LogP contribution is -2.46. The summed E-state index contributed by atoms with van der Waals surface area (Å²) in [5.41, 5.74) is 1.71. The minimum atomic E-state index is -0.964. The van der Waals surface area contributed by atoms with E-state index in [1.165, 1.54) is 18.5 Å². The molecule has 9 heteroatoms. The number of hydrogen-bond donors (Lipinski definition) is 2. The second-order valence-electron chi connectivity index (χ2n) is 8.91. The lowest BCUT2D eigenvalue weighted by Gasteiger charge is -2.34. The van der Waals surface area contributed by atoms with Crippen LogP contribution in [0.4, 0.5) is 14.6 Å². The Labute approximate surface area is 195 Å². The maximum Gasteiger partial charge on any atom is 0.262 e. The highest BCUT2D eigenvalue weighted by atomic mass is 19.1. The Morgan fingerprint density at radius 3 is 2.38 bits per heavy atom. The number of halogens is 2. The highest BCUT2D eigenvalue weighted by molar-refractivity contribution is 6.06. The lowest BCUT2D eigenvalue weighted by atomic mass is 9.71. The number of aliphatic hydroxyl groups excluding tert-OH is 1. The molecular weight excluding hydrogens is 442 g/mol. The van der Waals surface area contributed by atoms with E-state index in [0.29, 0.717) is 11.4 Å². The Morgan fingerprint density at radius 1 is 1.09 bits per heavy atom. The van der Waals surface area contributed by atoms with Gasteiger partial charge >= 0.3 is 0 Å². The molecule has 176 valence electrons. The molecule has 1 unspecified atom stereocenters. The number of anilines is 1. The average Bonchev–Trinajstić information content (AvgIpc) is 3.04. The quantitative estimate of drug-likeness (QED) is 0.577. The topological polar surface area (TPSA) is 96.7 Å². The zero-order valence-corrected chi connectivity index (χ0v) is 19.2. The van der Waals surface area contributed by atoms with Crippen molar-refractivity contribution in [3.8, 4) is 11.3 Å². The molecule has 3 aromatic rings. The SMILES string of the molecule is Cc1ccc(C2=NOC(C)(CO)C2(C)C)cc1-c1cnc(NC(=O)c2c(F)cccc2F)cn1. The van der Waals surface area contributed by atoms with Gasteiger partial charge in [0.05, 0.1) is 35.8 Å². The molecule has 0 radical (unpaired) electrons. The van der Waals surface area contributed by atoms with Crippen molar-refractivity contribution in [1.29, 1.82) is 0 Å². The first-order valence-electron chi connectivity index (χ1n) is 10.6. The molecule has 2 N–H and O–H groups in total. The van der Waals surface area contributed by atoms with Crippen molar-refractivity contribution in [1.82, 2.24) is 9.97 Å². The summed E-state index contributed by atoms with van der Waals surface area (Å²) < 4.78 is 27.7. The van der Waals surface area contributed by atoms with Gasteiger partial charge in [0, 0.05) is 11.1 Å². The monoisotopic (exact) mass is 466 g/mol. The largest absolute Gasteiger partial charge is 0.392 e. The van der Waals surface area contributed by atoms with Crippen LogP contribution in [0.5, 0.6) is 0 Å². The number of aliphatic hydroxyl groups is 1.